The topological polar surface area (TPSA) is 62.5 Å². The molecule has 1 fully saturated rings. The molecule has 1 aliphatic heterocycles. The number of hydrogen-bond acceptors (Lipinski definition) is 4. The van der Waals surface area contributed by atoms with Crippen molar-refractivity contribution in [3.8, 4) is 0 Å². The average Bonchev–Trinajstić information content (AvgIpc) is 2.87. The Hall–Kier alpha value is -1.62. The average molecular weight is 276 g/mol. The number of nitrogens with zero attached hydrogens (tertiary/aromatic N) is 3. The standard InChI is InChI=1S/C15H24N4O/c1-3-7-18(2)10-12-5-8-19(11-12)14-4-6-17-9-13(14)15(16)20/h4,6,9,12H,3,5,7-8,10-11H2,1-2H3,(H2,16,20). The van der Waals surface area contributed by atoms with Crippen molar-refractivity contribution in [2.45, 2.75) is 19.8 Å². The van der Waals surface area contributed by atoms with Crippen LogP contribution < -0.4 is 10.6 Å². The molecule has 2 N–H and O–H groups in total. The van der Waals surface area contributed by atoms with E-state index in [1.54, 1.807) is 12.4 Å². The van der Waals surface area contributed by atoms with Gasteiger partial charge in [0.2, 0.25) is 0 Å². The van der Waals surface area contributed by atoms with Crippen LogP contribution in [0.1, 0.15) is 30.1 Å². The van der Waals surface area contributed by atoms with E-state index < -0.39 is 5.91 Å². The molecule has 0 aliphatic carbocycles. The Kier molecular flexibility index (Phi) is 4.95. The van der Waals surface area contributed by atoms with Gasteiger partial charge >= 0.3 is 0 Å². The van der Waals surface area contributed by atoms with Crippen molar-refractivity contribution in [3.05, 3.63) is 24.0 Å². The predicted octanol–water partition coefficient (Wildman–Crippen LogP) is 1.35. The number of carbonyl (C=O) groups excluding carboxylic acids is 1. The summed E-state index contributed by atoms with van der Waals surface area (Å²) in [4.78, 5) is 20.1. The second kappa shape index (κ2) is 6.70. The number of amides is 1. The molecule has 1 unspecified atom stereocenters. The maximum Gasteiger partial charge on any atom is 0.252 e. The molecule has 0 spiro atoms. The molecular formula is C15H24N4O. The number of primary amides is 1. The molecule has 1 saturated heterocycles. The Balaban J connectivity index is 2.01. The Morgan fingerprint density at radius 3 is 3.10 bits per heavy atom. The molecule has 0 aromatic carbocycles. The van der Waals surface area contributed by atoms with Gasteiger partial charge in [0.25, 0.3) is 5.91 Å². The third-order valence-electron chi connectivity index (χ3n) is 3.87. The van der Waals surface area contributed by atoms with Crippen LogP contribution in [0.25, 0.3) is 0 Å². The number of carbonyl (C=O) groups is 1. The van der Waals surface area contributed by atoms with Crippen molar-refractivity contribution in [3.63, 3.8) is 0 Å². The summed E-state index contributed by atoms with van der Waals surface area (Å²) in [5.74, 6) is 0.250. The maximum absolute atomic E-state index is 11.5. The van der Waals surface area contributed by atoms with Gasteiger partial charge in [-0.15, -0.1) is 0 Å². The lowest BCUT2D eigenvalue weighted by molar-refractivity contribution is 0.100. The quantitative estimate of drug-likeness (QED) is 0.852. The molecule has 1 aromatic rings. The SMILES string of the molecule is CCCN(C)CC1CCN(c2ccncc2C(N)=O)C1. The van der Waals surface area contributed by atoms with Gasteiger partial charge in [-0.1, -0.05) is 6.92 Å². The fourth-order valence-electron chi connectivity index (χ4n) is 2.97. The molecule has 1 atom stereocenters. The minimum absolute atomic E-state index is 0.403. The zero-order chi connectivity index (χ0) is 14.5. The predicted molar refractivity (Wildman–Crippen MR) is 80.9 cm³/mol. The van der Waals surface area contributed by atoms with Gasteiger partial charge < -0.3 is 15.5 Å². The fourth-order valence-corrected chi connectivity index (χ4v) is 2.97. The van der Waals surface area contributed by atoms with Crippen LogP contribution >= 0.6 is 0 Å². The summed E-state index contributed by atoms with van der Waals surface area (Å²) in [6.07, 6.45) is 5.63. The van der Waals surface area contributed by atoms with Gasteiger partial charge in [0.15, 0.2) is 0 Å². The fraction of sp³-hybridized carbons (Fsp3) is 0.600. The molecule has 0 radical (unpaired) electrons. The summed E-state index contributed by atoms with van der Waals surface area (Å²) in [6, 6.07) is 1.89. The van der Waals surface area contributed by atoms with Gasteiger partial charge in [-0.3, -0.25) is 9.78 Å². The van der Waals surface area contributed by atoms with Crippen LogP contribution in [-0.2, 0) is 0 Å². The molecule has 5 nitrogen and oxygen atoms in total. The minimum atomic E-state index is -0.403. The number of aromatic nitrogens is 1. The first-order valence-corrected chi connectivity index (χ1v) is 7.29. The Bertz CT molecular complexity index is 463. The van der Waals surface area contributed by atoms with Crippen molar-refractivity contribution in [1.82, 2.24) is 9.88 Å². The van der Waals surface area contributed by atoms with Crippen LogP contribution in [0.2, 0.25) is 0 Å². The van der Waals surface area contributed by atoms with Gasteiger partial charge in [0.1, 0.15) is 0 Å². The van der Waals surface area contributed by atoms with E-state index in [1.807, 2.05) is 6.07 Å². The van der Waals surface area contributed by atoms with Crippen LogP contribution in [0.5, 0.6) is 0 Å². The van der Waals surface area contributed by atoms with Gasteiger partial charge in [-0.25, -0.2) is 0 Å². The third-order valence-corrected chi connectivity index (χ3v) is 3.87. The van der Waals surface area contributed by atoms with Gasteiger partial charge in [0.05, 0.1) is 11.3 Å². The van der Waals surface area contributed by atoms with E-state index in [9.17, 15) is 4.79 Å². The normalized spacial score (nSPS) is 18.8. The molecule has 2 rings (SSSR count). The second-order valence-corrected chi connectivity index (χ2v) is 5.62. The van der Waals surface area contributed by atoms with Gasteiger partial charge in [-0.2, -0.15) is 0 Å². The smallest absolute Gasteiger partial charge is 0.252 e. The van der Waals surface area contributed by atoms with Crippen molar-refractivity contribution in [2.75, 3.05) is 38.1 Å². The van der Waals surface area contributed by atoms with Crippen LogP contribution in [0, 0.1) is 5.92 Å². The molecule has 20 heavy (non-hydrogen) atoms. The lowest BCUT2D eigenvalue weighted by Crippen LogP contribution is -2.29. The molecular weight excluding hydrogens is 252 g/mol. The summed E-state index contributed by atoms with van der Waals surface area (Å²) in [5, 5.41) is 0. The Morgan fingerprint density at radius 2 is 2.40 bits per heavy atom. The van der Waals surface area contributed by atoms with E-state index in [0.717, 1.165) is 38.3 Å². The van der Waals surface area contributed by atoms with Gasteiger partial charge in [-0.05, 0) is 38.4 Å². The van der Waals surface area contributed by atoms with Crippen LogP contribution in [0.15, 0.2) is 18.5 Å². The molecule has 0 bridgehead atoms. The molecule has 110 valence electrons. The first kappa shape index (κ1) is 14.8. The van der Waals surface area contributed by atoms with E-state index in [4.69, 9.17) is 5.73 Å². The van der Waals surface area contributed by atoms with E-state index in [0.29, 0.717) is 11.5 Å². The number of rotatable bonds is 6. The van der Waals surface area contributed by atoms with Crippen molar-refractivity contribution < 1.29 is 4.79 Å². The van der Waals surface area contributed by atoms with E-state index in [-0.39, 0.29) is 0 Å². The minimum Gasteiger partial charge on any atom is -0.370 e. The molecule has 0 saturated carbocycles. The van der Waals surface area contributed by atoms with E-state index in [2.05, 4.69) is 28.8 Å². The molecule has 5 heteroatoms. The molecule has 1 aliphatic rings. The Morgan fingerprint density at radius 1 is 1.60 bits per heavy atom. The number of nitrogens with two attached hydrogens (primary N) is 1. The molecule has 1 amide bonds. The number of anilines is 1. The van der Waals surface area contributed by atoms with E-state index in [1.165, 1.54) is 6.42 Å². The first-order valence-electron chi connectivity index (χ1n) is 7.29. The largest absolute Gasteiger partial charge is 0.370 e. The highest BCUT2D eigenvalue weighted by atomic mass is 16.1. The number of hydrogen-bond donors (Lipinski definition) is 1. The summed E-state index contributed by atoms with van der Waals surface area (Å²) in [7, 11) is 2.17. The zero-order valence-corrected chi connectivity index (χ0v) is 12.4. The summed E-state index contributed by atoms with van der Waals surface area (Å²) in [5.41, 5.74) is 6.87. The molecule has 1 aromatic heterocycles. The maximum atomic E-state index is 11.5. The second-order valence-electron chi connectivity index (χ2n) is 5.62. The lowest BCUT2D eigenvalue weighted by atomic mass is 10.1. The van der Waals surface area contributed by atoms with Gasteiger partial charge in [0, 0.05) is 32.0 Å². The van der Waals surface area contributed by atoms with Crippen molar-refractivity contribution in [2.24, 2.45) is 11.7 Å². The lowest BCUT2D eigenvalue weighted by Gasteiger charge is -2.23. The van der Waals surface area contributed by atoms with Crippen LogP contribution in [0.3, 0.4) is 0 Å². The monoisotopic (exact) mass is 276 g/mol. The third kappa shape index (κ3) is 3.48. The highest BCUT2D eigenvalue weighted by molar-refractivity contribution is 5.98. The number of pyridine rings is 1. The Labute approximate surface area is 120 Å². The zero-order valence-electron chi connectivity index (χ0n) is 12.4. The van der Waals surface area contributed by atoms with Crippen LogP contribution in [-0.4, -0.2) is 49.0 Å². The molecule has 2 heterocycles. The highest BCUT2D eigenvalue weighted by Crippen LogP contribution is 2.26. The highest BCUT2D eigenvalue weighted by Gasteiger charge is 2.25. The first-order chi connectivity index (χ1) is 9.61. The summed E-state index contributed by atoms with van der Waals surface area (Å²) >= 11 is 0. The van der Waals surface area contributed by atoms with Crippen molar-refractivity contribution >= 4 is 11.6 Å². The van der Waals surface area contributed by atoms with Crippen molar-refractivity contribution in [1.29, 1.82) is 0 Å². The van der Waals surface area contributed by atoms with E-state index >= 15 is 0 Å². The summed E-state index contributed by atoms with van der Waals surface area (Å²) in [6.45, 7) is 6.42. The summed E-state index contributed by atoms with van der Waals surface area (Å²) < 4.78 is 0. The van der Waals surface area contributed by atoms with Crippen LogP contribution in [0.4, 0.5) is 5.69 Å².